The summed E-state index contributed by atoms with van der Waals surface area (Å²) in [6.45, 7) is 8.90. The van der Waals surface area contributed by atoms with E-state index in [0.29, 0.717) is 12.8 Å². The van der Waals surface area contributed by atoms with Gasteiger partial charge in [-0.2, -0.15) is 0 Å². The molecule has 96 valence electrons. The molecule has 0 unspecified atom stereocenters. The predicted octanol–water partition coefficient (Wildman–Crippen LogP) is 1.69. The zero-order valence-corrected chi connectivity index (χ0v) is 10.5. The lowest BCUT2D eigenvalue weighted by Crippen LogP contribution is -2.47. The first-order chi connectivity index (χ1) is 8.01. The number of aliphatic hydroxyl groups excluding tert-OH is 2. The van der Waals surface area contributed by atoms with Crippen LogP contribution >= 0.6 is 0 Å². The SMILES string of the molecule is C=CC(=C)/C=C\C(=C/C)CCC(N)(CO)CO. The first-order valence-electron chi connectivity index (χ1n) is 5.66. The quantitative estimate of drug-likeness (QED) is 0.563. The smallest absolute Gasteiger partial charge is 0.0633 e. The highest BCUT2D eigenvalue weighted by Gasteiger charge is 2.22. The Bertz CT molecular complexity index is 312. The van der Waals surface area contributed by atoms with Crippen molar-refractivity contribution in [1.82, 2.24) is 0 Å². The Labute approximate surface area is 104 Å². The molecule has 0 radical (unpaired) electrons. The van der Waals surface area contributed by atoms with Gasteiger partial charge in [-0.25, -0.2) is 0 Å². The number of hydrogen-bond donors (Lipinski definition) is 3. The molecular formula is C14H23NO2. The van der Waals surface area contributed by atoms with Gasteiger partial charge < -0.3 is 15.9 Å². The highest BCUT2D eigenvalue weighted by Crippen LogP contribution is 2.15. The van der Waals surface area contributed by atoms with Crippen molar-refractivity contribution in [2.45, 2.75) is 25.3 Å². The zero-order valence-electron chi connectivity index (χ0n) is 10.5. The average molecular weight is 237 g/mol. The average Bonchev–Trinajstić information content (AvgIpc) is 2.38. The van der Waals surface area contributed by atoms with Gasteiger partial charge in [0.1, 0.15) is 0 Å². The van der Waals surface area contributed by atoms with E-state index in [0.717, 1.165) is 11.1 Å². The maximum absolute atomic E-state index is 9.08. The van der Waals surface area contributed by atoms with Gasteiger partial charge in [-0.15, -0.1) is 0 Å². The Balaban J connectivity index is 4.39. The van der Waals surface area contributed by atoms with Crippen LogP contribution in [0.4, 0.5) is 0 Å². The normalized spacial score (nSPS) is 13.1. The summed E-state index contributed by atoms with van der Waals surface area (Å²) in [4.78, 5) is 0. The maximum atomic E-state index is 9.08. The number of rotatable bonds is 8. The summed E-state index contributed by atoms with van der Waals surface area (Å²) in [5.41, 5.74) is 6.82. The van der Waals surface area contributed by atoms with E-state index >= 15 is 0 Å². The molecule has 0 aliphatic rings. The summed E-state index contributed by atoms with van der Waals surface area (Å²) in [7, 11) is 0. The Morgan fingerprint density at radius 1 is 1.29 bits per heavy atom. The molecule has 17 heavy (non-hydrogen) atoms. The molecule has 0 aromatic rings. The van der Waals surface area contributed by atoms with Gasteiger partial charge in [0.05, 0.1) is 18.8 Å². The Kier molecular flexibility index (Phi) is 7.46. The van der Waals surface area contributed by atoms with Crippen molar-refractivity contribution in [2.75, 3.05) is 13.2 Å². The Morgan fingerprint density at radius 3 is 2.29 bits per heavy atom. The highest BCUT2D eigenvalue weighted by atomic mass is 16.3. The first-order valence-corrected chi connectivity index (χ1v) is 5.66. The number of nitrogens with two attached hydrogens (primary N) is 1. The molecule has 0 saturated carbocycles. The molecule has 0 amide bonds. The first kappa shape index (κ1) is 15.8. The molecule has 0 aliphatic heterocycles. The molecule has 0 spiro atoms. The number of allylic oxidation sites excluding steroid dienone is 6. The van der Waals surface area contributed by atoms with Crippen LogP contribution in [-0.2, 0) is 0 Å². The molecule has 0 atom stereocenters. The fourth-order valence-corrected chi connectivity index (χ4v) is 1.21. The van der Waals surface area contributed by atoms with Crippen LogP contribution in [-0.4, -0.2) is 29.0 Å². The monoisotopic (exact) mass is 237 g/mol. The van der Waals surface area contributed by atoms with E-state index in [1.54, 1.807) is 6.08 Å². The van der Waals surface area contributed by atoms with Crippen molar-refractivity contribution in [3.05, 3.63) is 48.6 Å². The number of aliphatic hydroxyl groups is 2. The predicted molar refractivity (Wildman–Crippen MR) is 72.6 cm³/mol. The van der Waals surface area contributed by atoms with Crippen LogP contribution in [0, 0.1) is 0 Å². The second-order valence-corrected chi connectivity index (χ2v) is 4.15. The maximum Gasteiger partial charge on any atom is 0.0633 e. The summed E-state index contributed by atoms with van der Waals surface area (Å²) in [5.74, 6) is 0. The Morgan fingerprint density at radius 2 is 1.88 bits per heavy atom. The van der Waals surface area contributed by atoms with E-state index in [-0.39, 0.29) is 13.2 Å². The fourth-order valence-electron chi connectivity index (χ4n) is 1.21. The van der Waals surface area contributed by atoms with Crippen molar-refractivity contribution in [2.24, 2.45) is 5.73 Å². The summed E-state index contributed by atoms with van der Waals surface area (Å²) in [6.07, 6.45) is 8.71. The molecule has 4 N–H and O–H groups in total. The van der Waals surface area contributed by atoms with Gasteiger partial charge in [-0.3, -0.25) is 0 Å². The molecule has 0 aromatic heterocycles. The minimum Gasteiger partial charge on any atom is -0.394 e. The topological polar surface area (TPSA) is 66.5 Å². The third-order valence-corrected chi connectivity index (χ3v) is 2.69. The van der Waals surface area contributed by atoms with Crippen LogP contribution in [0.5, 0.6) is 0 Å². The van der Waals surface area contributed by atoms with Crippen molar-refractivity contribution < 1.29 is 10.2 Å². The minimum absolute atomic E-state index is 0.219. The molecule has 0 rings (SSSR count). The molecule has 3 heteroatoms. The third kappa shape index (κ3) is 6.22. The standard InChI is InChI=1S/C14H23NO2/c1-4-12(3)6-7-13(5-2)8-9-14(15,10-16)11-17/h4-7,16-17H,1,3,8-11,15H2,2H3/b7-6-,13-5+. The molecule has 0 heterocycles. The fraction of sp³-hybridized carbons (Fsp3) is 0.429. The van der Waals surface area contributed by atoms with Crippen LogP contribution < -0.4 is 5.73 Å². The molecule has 0 bridgehead atoms. The van der Waals surface area contributed by atoms with Crippen molar-refractivity contribution >= 4 is 0 Å². The molecular weight excluding hydrogens is 214 g/mol. The van der Waals surface area contributed by atoms with Gasteiger partial charge in [0, 0.05) is 0 Å². The zero-order chi connectivity index (χ0) is 13.3. The summed E-state index contributed by atoms with van der Waals surface area (Å²) in [5, 5.41) is 18.2. The Hall–Kier alpha value is -1.16. The third-order valence-electron chi connectivity index (χ3n) is 2.69. The van der Waals surface area contributed by atoms with Gasteiger partial charge in [0.2, 0.25) is 0 Å². The second-order valence-electron chi connectivity index (χ2n) is 4.15. The summed E-state index contributed by atoms with van der Waals surface area (Å²) in [6, 6.07) is 0. The van der Waals surface area contributed by atoms with E-state index in [2.05, 4.69) is 13.2 Å². The molecule has 0 aliphatic carbocycles. The van der Waals surface area contributed by atoms with E-state index in [4.69, 9.17) is 15.9 Å². The van der Waals surface area contributed by atoms with Gasteiger partial charge in [0.25, 0.3) is 0 Å². The van der Waals surface area contributed by atoms with Crippen molar-refractivity contribution in [1.29, 1.82) is 0 Å². The van der Waals surface area contributed by atoms with Gasteiger partial charge >= 0.3 is 0 Å². The van der Waals surface area contributed by atoms with Crippen molar-refractivity contribution in [3.63, 3.8) is 0 Å². The minimum atomic E-state index is -0.905. The van der Waals surface area contributed by atoms with E-state index in [1.165, 1.54) is 0 Å². The molecule has 0 saturated heterocycles. The van der Waals surface area contributed by atoms with E-state index < -0.39 is 5.54 Å². The molecule has 0 fully saturated rings. The van der Waals surface area contributed by atoms with Crippen molar-refractivity contribution in [3.8, 4) is 0 Å². The lowest BCUT2D eigenvalue weighted by molar-refractivity contribution is 0.115. The largest absolute Gasteiger partial charge is 0.394 e. The van der Waals surface area contributed by atoms with Gasteiger partial charge in [0.15, 0.2) is 0 Å². The van der Waals surface area contributed by atoms with Gasteiger partial charge in [-0.1, -0.05) is 43.0 Å². The van der Waals surface area contributed by atoms with Crippen LogP contribution in [0.15, 0.2) is 48.6 Å². The summed E-state index contributed by atoms with van der Waals surface area (Å²) < 4.78 is 0. The van der Waals surface area contributed by atoms with Crippen LogP contribution in [0.3, 0.4) is 0 Å². The lowest BCUT2D eigenvalue weighted by Gasteiger charge is -2.24. The molecule has 0 aromatic carbocycles. The highest BCUT2D eigenvalue weighted by molar-refractivity contribution is 5.31. The van der Waals surface area contributed by atoms with E-state index in [9.17, 15) is 0 Å². The van der Waals surface area contributed by atoms with Crippen LogP contribution in [0.1, 0.15) is 19.8 Å². The van der Waals surface area contributed by atoms with Crippen LogP contribution in [0.25, 0.3) is 0 Å². The second kappa shape index (κ2) is 8.01. The molecule has 3 nitrogen and oxygen atoms in total. The van der Waals surface area contributed by atoms with Crippen LogP contribution in [0.2, 0.25) is 0 Å². The lowest BCUT2D eigenvalue weighted by atomic mass is 9.93. The number of hydrogen-bond acceptors (Lipinski definition) is 3. The van der Waals surface area contributed by atoms with Gasteiger partial charge in [-0.05, 0) is 25.3 Å². The van der Waals surface area contributed by atoms with E-state index in [1.807, 2.05) is 25.2 Å². The summed E-state index contributed by atoms with van der Waals surface area (Å²) >= 11 is 0.